The van der Waals surface area contributed by atoms with Crippen molar-refractivity contribution in [2.24, 2.45) is 0 Å². The number of carbonyl (C=O) groups excluding carboxylic acids is 1. The number of nitrogens with zero attached hydrogens (tertiary/aromatic N) is 1. The molecule has 1 aliphatic carbocycles. The van der Waals surface area contributed by atoms with Crippen molar-refractivity contribution in [3.05, 3.63) is 53.4 Å². The molecule has 1 fully saturated rings. The third-order valence-electron chi connectivity index (χ3n) is 4.36. The minimum absolute atomic E-state index is 0.0288. The van der Waals surface area contributed by atoms with Gasteiger partial charge >= 0.3 is 0 Å². The molecular weight excluding hydrogens is 276 g/mol. The van der Waals surface area contributed by atoms with Gasteiger partial charge in [0.15, 0.2) is 0 Å². The molecule has 1 saturated carbocycles. The first-order valence-electron chi connectivity index (χ1n) is 7.99. The average Bonchev–Trinajstić information content (AvgIpc) is 2.93. The number of rotatable bonds is 4. The Balaban J connectivity index is 1.65. The molecule has 2 atom stereocenters. The van der Waals surface area contributed by atoms with Gasteiger partial charge in [-0.2, -0.15) is 0 Å². The second-order valence-corrected chi connectivity index (χ2v) is 6.08. The van der Waals surface area contributed by atoms with Crippen LogP contribution in [0.3, 0.4) is 0 Å². The van der Waals surface area contributed by atoms with Crippen LogP contribution in [0.4, 0.5) is 0 Å². The molecule has 1 amide bonds. The van der Waals surface area contributed by atoms with Gasteiger partial charge in [-0.25, -0.2) is 0 Å². The summed E-state index contributed by atoms with van der Waals surface area (Å²) in [5, 5.41) is 7.09. The highest BCUT2D eigenvalue weighted by Gasteiger charge is 2.27. The predicted octanol–water partition coefficient (Wildman–Crippen LogP) is 3.37. The molecule has 1 N–H and O–H groups in total. The van der Waals surface area contributed by atoms with Gasteiger partial charge in [0.2, 0.25) is 5.91 Å². The Hall–Kier alpha value is -2.10. The van der Waals surface area contributed by atoms with Crippen LogP contribution in [0, 0.1) is 6.92 Å². The van der Waals surface area contributed by atoms with Crippen molar-refractivity contribution in [1.82, 2.24) is 10.5 Å². The van der Waals surface area contributed by atoms with Gasteiger partial charge in [-0.05, 0) is 25.3 Å². The van der Waals surface area contributed by atoms with Crippen LogP contribution in [-0.4, -0.2) is 17.1 Å². The monoisotopic (exact) mass is 298 g/mol. The minimum Gasteiger partial charge on any atom is -0.361 e. The van der Waals surface area contributed by atoms with E-state index in [9.17, 15) is 4.79 Å². The number of benzene rings is 1. The molecule has 0 aliphatic heterocycles. The van der Waals surface area contributed by atoms with Crippen LogP contribution in [0.5, 0.6) is 0 Å². The van der Waals surface area contributed by atoms with Crippen LogP contribution in [0.25, 0.3) is 0 Å². The molecular formula is C18H22N2O2. The number of aromatic nitrogens is 1. The Bertz CT molecular complexity index is 621. The van der Waals surface area contributed by atoms with Gasteiger partial charge in [-0.15, -0.1) is 0 Å². The van der Waals surface area contributed by atoms with Crippen molar-refractivity contribution in [2.75, 3.05) is 0 Å². The van der Waals surface area contributed by atoms with E-state index in [2.05, 4.69) is 34.7 Å². The van der Waals surface area contributed by atoms with Crippen molar-refractivity contribution in [2.45, 2.75) is 51.0 Å². The first-order chi connectivity index (χ1) is 10.7. The molecule has 4 nitrogen and oxygen atoms in total. The quantitative estimate of drug-likeness (QED) is 0.941. The van der Waals surface area contributed by atoms with Crippen molar-refractivity contribution in [1.29, 1.82) is 0 Å². The van der Waals surface area contributed by atoms with Crippen LogP contribution >= 0.6 is 0 Å². The Morgan fingerprint density at radius 3 is 2.77 bits per heavy atom. The highest BCUT2D eigenvalue weighted by Crippen LogP contribution is 2.33. The van der Waals surface area contributed by atoms with Crippen LogP contribution < -0.4 is 5.32 Å². The fraction of sp³-hybridized carbons (Fsp3) is 0.444. The van der Waals surface area contributed by atoms with Gasteiger partial charge in [-0.1, -0.05) is 48.3 Å². The van der Waals surface area contributed by atoms with Crippen LogP contribution in [-0.2, 0) is 11.2 Å². The summed E-state index contributed by atoms with van der Waals surface area (Å²) >= 11 is 0. The van der Waals surface area contributed by atoms with Gasteiger partial charge in [0.25, 0.3) is 0 Å². The van der Waals surface area contributed by atoms with Crippen molar-refractivity contribution < 1.29 is 9.32 Å². The number of amides is 1. The lowest BCUT2D eigenvalue weighted by Gasteiger charge is -2.32. The molecule has 1 heterocycles. The van der Waals surface area contributed by atoms with E-state index in [0.717, 1.165) is 18.6 Å². The van der Waals surface area contributed by atoms with Gasteiger partial charge in [-0.3, -0.25) is 4.79 Å². The first-order valence-corrected chi connectivity index (χ1v) is 7.99. The summed E-state index contributed by atoms with van der Waals surface area (Å²) in [6, 6.07) is 12.5. The smallest absolute Gasteiger partial charge is 0.226 e. The molecule has 0 radical (unpaired) electrons. The summed E-state index contributed by atoms with van der Waals surface area (Å²) < 4.78 is 5.02. The van der Waals surface area contributed by atoms with Crippen molar-refractivity contribution >= 4 is 5.91 Å². The van der Waals surface area contributed by atoms with Crippen molar-refractivity contribution in [3.63, 3.8) is 0 Å². The van der Waals surface area contributed by atoms with Crippen LogP contribution in [0.2, 0.25) is 0 Å². The molecule has 3 rings (SSSR count). The lowest BCUT2D eigenvalue weighted by molar-refractivity contribution is -0.121. The topological polar surface area (TPSA) is 55.1 Å². The van der Waals surface area contributed by atoms with E-state index in [1.807, 2.05) is 19.1 Å². The Kier molecular flexibility index (Phi) is 4.56. The Morgan fingerprint density at radius 2 is 2.05 bits per heavy atom. The highest BCUT2D eigenvalue weighted by atomic mass is 16.5. The molecule has 2 aromatic rings. The summed E-state index contributed by atoms with van der Waals surface area (Å²) in [4.78, 5) is 12.3. The maximum atomic E-state index is 12.3. The second kappa shape index (κ2) is 6.77. The second-order valence-electron chi connectivity index (χ2n) is 6.08. The molecule has 4 heteroatoms. The summed E-state index contributed by atoms with van der Waals surface area (Å²) in [6.45, 7) is 1.83. The van der Waals surface area contributed by atoms with E-state index < -0.39 is 0 Å². The molecule has 1 aromatic carbocycles. The number of carbonyl (C=O) groups is 1. The number of hydrogen-bond acceptors (Lipinski definition) is 3. The normalized spacial score (nSPS) is 21.5. The molecule has 0 bridgehead atoms. The lowest BCUT2D eigenvalue weighted by Crippen LogP contribution is -2.41. The molecule has 1 aromatic heterocycles. The Morgan fingerprint density at radius 1 is 1.27 bits per heavy atom. The molecule has 116 valence electrons. The molecule has 1 aliphatic rings. The van der Waals surface area contributed by atoms with E-state index in [-0.39, 0.29) is 18.4 Å². The third-order valence-corrected chi connectivity index (χ3v) is 4.36. The molecule has 2 unspecified atom stereocenters. The SMILES string of the molecule is Cc1cc(CC(=O)NC2CCCCC2c2ccccc2)no1. The van der Waals surface area contributed by atoms with E-state index in [1.165, 1.54) is 18.4 Å². The van der Waals surface area contributed by atoms with Crippen LogP contribution in [0.1, 0.15) is 48.6 Å². The Labute approximate surface area is 130 Å². The zero-order valence-electron chi connectivity index (χ0n) is 12.9. The third kappa shape index (κ3) is 3.56. The van der Waals surface area contributed by atoms with Gasteiger partial charge < -0.3 is 9.84 Å². The van der Waals surface area contributed by atoms with E-state index in [0.29, 0.717) is 11.6 Å². The number of hydrogen-bond donors (Lipinski definition) is 1. The van der Waals surface area contributed by atoms with Gasteiger partial charge in [0.1, 0.15) is 5.76 Å². The maximum absolute atomic E-state index is 12.3. The first kappa shape index (κ1) is 14.8. The minimum atomic E-state index is 0.0288. The number of nitrogens with one attached hydrogen (secondary N) is 1. The van der Waals surface area contributed by atoms with E-state index >= 15 is 0 Å². The molecule has 0 spiro atoms. The predicted molar refractivity (Wildman–Crippen MR) is 84.5 cm³/mol. The highest BCUT2D eigenvalue weighted by molar-refractivity contribution is 5.78. The fourth-order valence-corrected chi connectivity index (χ4v) is 3.33. The summed E-state index contributed by atoms with van der Waals surface area (Å²) in [7, 11) is 0. The van der Waals surface area contributed by atoms with Crippen molar-refractivity contribution in [3.8, 4) is 0 Å². The largest absolute Gasteiger partial charge is 0.361 e. The lowest BCUT2D eigenvalue weighted by atomic mass is 9.80. The molecule has 22 heavy (non-hydrogen) atoms. The fourth-order valence-electron chi connectivity index (χ4n) is 3.33. The van der Waals surface area contributed by atoms with E-state index in [1.54, 1.807) is 0 Å². The summed E-state index contributed by atoms with van der Waals surface area (Å²) in [6.07, 6.45) is 4.88. The number of aryl methyl sites for hydroxylation is 1. The van der Waals surface area contributed by atoms with Gasteiger partial charge in [0.05, 0.1) is 12.1 Å². The maximum Gasteiger partial charge on any atom is 0.226 e. The standard InChI is InChI=1S/C18H22N2O2/c1-13-11-15(20-22-13)12-18(21)19-17-10-6-5-9-16(17)14-7-3-2-4-8-14/h2-4,7-8,11,16-17H,5-6,9-10,12H2,1H3,(H,19,21). The van der Waals surface area contributed by atoms with Crippen LogP contribution in [0.15, 0.2) is 40.9 Å². The van der Waals surface area contributed by atoms with Gasteiger partial charge in [0, 0.05) is 18.0 Å². The zero-order valence-corrected chi connectivity index (χ0v) is 12.9. The van der Waals surface area contributed by atoms with E-state index in [4.69, 9.17) is 4.52 Å². The molecule has 0 saturated heterocycles. The zero-order chi connectivity index (χ0) is 15.4. The summed E-state index contributed by atoms with van der Waals surface area (Å²) in [5.41, 5.74) is 2.02. The average molecular weight is 298 g/mol. The summed E-state index contributed by atoms with van der Waals surface area (Å²) in [5.74, 6) is 1.18.